The Hall–Kier alpha value is -2.84. The van der Waals surface area contributed by atoms with E-state index < -0.39 is 35.8 Å². The van der Waals surface area contributed by atoms with Gasteiger partial charge in [0.2, 0.25) is 0 Å². The second kappa shape index (κ2) is 33.6. The molecule has 356 valence electrons. The van der Waals surface area contributed by atoms with Crippen molar-refractivity contribution in [2.75, 3.05) is 0 Å². The summed E-state index contributed by atoms with van der Waals surface area (Å²) in [4.78, 5) is -1.08. The average molecular weight is 963 g/mol. The first-order valence-electron chi connectivity index (χ1n) is 23.9. The molecule has 0 spiro atoms. The standard InChI is InChI=1S/2C26H38O5S.Ca/c2*1-2-3-4-5-6-7-8-9-10-11-12-13-15-22-16-14-17-24(20-22)31-25-19-18-23(27)21-26(25)32(28,29)30;/h2*14,16-21,27H,2-13,15H2,1H3,(H,28,29,30);/q;;+2/p-2. The van der Waals surface area contributed by atoms with Crippen LogP contribution in [0.5, 0.6) is 34.5 Å². The van der Waals surface area contributed by atoms with Crippen molar-refractivity contribution in [1.82, 2.24) is 0 Å². The molecule has 0 bridgehead atoms. The van der Waals surface area contributed by atoms with Gasteiger partial charge >= 0.3 is 37.7 Å². The molecule has 0 amide bonds. The zero-order valence-electron chi connectivity index (χ0n) is 39.2. The summed E-state index contributed by atoms with van der Waals surface area (Å²) in [5.41, 5.74) is 2.23. The molecule has 0 unspecified atom stereocenters. The average Bonchev–Trinajstić information content (AvgIpc) is 3.25. The van der Waals surface area contributed by atoms with Crippen molar-refractivity contribution in [1.29, 1.82) is 0 Å². The SMILES string of the molecule is CCCCCCCCCCCCCCc1cccc(Oc2ccc(O)cc2S(=O)(=O)O)c1.CCCCCCCCCCCCCCc1cccc(Oc2ccc([O-])cc2S(=O)(=O)[O-])c1.[Ca+2]. The molecule has 0 aromatic heterocycles. The molecule has 0 saturated heterocycles. The first kappa shape index (κ1) is 58.3. The van der Waals surface area contributed by atoms with Crippen LogP contribution in [0.15, 0.2) is 94.7 Å². The van der Waals surface area contributed by atoms with Crippen LogP contribution in [0.25, 0.3) is 0 Å². The quantitative estimate of drug-likeness (QED) is 0.0272. The summed E-state index contributed by atoms with van der Waals surface area (Å²) in [6, 6.07) is 21.8. The van der Waals surface area contributed by atoms with Gasteiger partial charge in [-0.25, -0.2) is 8.42 Å². The number of hydrogen-bond acceptors (Lipinski definition) is 9. The van der Waals surface area contributed by atoms with Crippen LogP contribution in [-0.2, 0) is 33.1 Å². The van der Waals surface area contributed by atoms with Gasteiger partial charge < -0.3 is 24.2 Å². The van der Waals surface area contributed by atoms with E-state index in [0.29, 0.717) is 11.5 Å². The third kappa shape index (κ3) is 25.8. The molecule has 0 atom stereocenters. The van der Waals surface area contributed by atoms with Gasteiger partial charge in [-0.3, -0.25) is 4.55 Å². The zero-order chi connectivity index (χ0) is 46.5. The van der Waals surface area contributed by atoms with E-state index in [9.17, 15) is 36.2 Å². The smallest absolute Gasteiger partial charge is 0.872 e. The zero-order valence-corrected chi connectivity index (χ0v) is 43.0. The Labute approximate surface area is 421 Å². The molecule has 65 heavy (non-hydrogen) atoms. The van der Waals surface area contributed by atoms with Crippen molar-refractivity contribution >= 4 is 58.0 Å². The van der Waals surface area contributed by atoms with Crippen molar-refractivity contribution < 1.29 is 45.6 Å². The number of phenolic OH excluding ortho intramolecular Hbond substituents is 1. The van der Waals surface area contributed by atoms with E-state index in [0.717, 1.165) is 48.9 Å². The second-order valence-electron chi connectivity index (χ2n) is 16.9. The number of unbranched alkanes of at least 4 members (excludes halogenated alkanes) is 22. The Kier molecular flexibility index (Phi) is 30.1. The van der Waals surface area contributed by atoms with Crippen molar-refractivity contribution in [3.8, 4) is 34.5 Å². The fourth-order valence-electron chi connectivity index (χ4n) is 7.67. The maximum atomic E-state index is 11.6. The largest absolute Gasteiger partial charge is 2.00 e. The summed E-state index contributed by atoms with van der Waals surface area (Å²) < 4.78 is 78.1. The predicted molar refractivity (Wildman–Crippen MR) is 260 cm³/mol. The Balaban J connectivity index is 0.000000440. The predicted octanol–water partition coefficient (Wildman–Crippen LogP) is 14.0. The first-order valence-corrected chi connectivity index (χ1v) is 26.8. The number of ether oxygens (including phenoxy) is 2. The fourth-order valence-corrected chi connectivity index (χ4v) is 8.92. The molecule has 0 heterocycles. The van der Waals surface area contributed by atoms with E-state index >= 15 is 0 Å². The number of aryl methyl sites for hydroxylation is 2. The van der Waals surface area contributed by atoms with Gasteiger partial charge in [0.05, 0.1) is 4.90 Å². The van der Waals surface area contributed by atoms with Crippen molar-refractivity contribution in [3.63, 3.8) is 0 Å². The minimum absolute atomic E-state index is 0. The molecule has 13 heteroatoms. The third-order valence-corrected chi connectivity index (χ3v) is 13.0. The number of aromatic hydroxyl groups is 1. The number of rotatable bonds is 32. The van der Waals surface area contributed by atoms with E-state index in [1.54, 1.807) is 12.1 Å². The van der Waals surface area contributed by atoms with Gasteiger partial charge in [0, 0.05) is 6.07 Å². The maximum Gasteiger partial charge on any atom is 2.00 e. The van der Waals surface area contributed by atoms with E-state index in [2.05, 4.69) is 13.8 Å². The molecular formula is C52H74CaO10S2. The van der Waals surface area contributed by atoms with Crippen LogP contribution in [0.2, 0.25) is 0 Å². The maximum absolute atomic E-state index is 11.6. The molecule has 4 aromatic carbocycles. The molecular weight excluding hydrogens is 889 g/mol. The number of phenols is 1. The van der Waals surface area contributed by atoms with Gasteiger partial charge in [-0.15, -0.1) is 5.75 Å². The first-order chi connectivity index (χ1) is 30.8. The van der Waals surface area contributed by atoms with Crippen LogP contribution in [0, 0.1) is 0 Å². The van der Waals surface area contributed by atoms with E-state index in [4.69, 9.17) is 9.47 Å². The van der Waals surface area contributed by atoms with Crippen molar-refractivity contribution in [2.24, 2.45) is 0 Å². The molecule has 0 fully saturated rings. The Morgan fingerprint density at radius 2 is 0.846 bits per heavy atom. The number of hydrogen-bond donors (Lipinski definition) is 2. The summed E-state index contributed by atoms with van der Waals surface area (Å²) in [7, 11) is -9.30. The monoisotopic (exact) mass is 962 g/mol. The van der Waals surface area contributed by atoms with Crippen LogP contribution in [0.1, 0.15) is 179 Å². The molecule has 0 aliphatic rings. The van der Waals surface area contributed by atoms with Crippen LogP contribution in [0.3, 0.4) is 0 Å². The number of benzene rings is 4. The van der Waals surface area contributed by atoms with E-state index in [-0.39, 0.29) is 55.0 Å². The summed E-state index contributed by atoms with van der Waals surface area (Å²) in [6.45, 7) is 4.50. The molecule has 4 rings (SSSR count). The summed E-state index contributed by atoms with van der Waals surface area (Å²) in [5.74, 6) is -0.00450. The van der Waals surface area contributed by atoms with Gasteiger partial charge in [0.15, 0.2) is 0 Å². The Morgan fingerprint density at radius 3 is 1.23 bits per heavy atom. The molecule has 0 aliphatic carbocycles. The fraction of sp³-hybridized carbons (Fsp3) is 0.538. The Bertz CT molecular complexity index is 1970. The van der Waals surface area contributed by atoms with Crippen LogP contribution in [0.4, 0.5) is 0 Å². The summed E-state index contributed by atoms with van der Waals surface area (Å²) in [5, 5.41) is 21.0. The topological polar surface area (TPSA) is 173 Å². The molecule has 2 N–H and O–H groups in total. The minimum atomic E-state index is -4.80. The second-order valence-corrected chi connectivity index (χ2v) is 19.7. The van der Waals surface area contributed by atoms with Crippen LogP contribution >= 0.6 is 0 Å². The van der Waals surface area contributed by atoms with Crippen LogP contribution in [-0.4, -0.2) is 68.8 Å². The van der Waals surface area contributed by atoms with Gasteiger partial charge in [0.1, 0.15) is 43.8 Å². The van der Waals surface area contributed by atoms with Crippen molar-refractivity contribution in [3.05, 3.63) is 96.1 Å². The third-order valence-electron chi connectivity index (χ3n) is 11.3. The molecule has 10 nitrogen and oxygen atoms in total. The molecule has 0 saturated carbocycles. The van der Waals surface area contributed by atoms with E-state index in [1.165, 1.54) is 166 Å². The van der Waals surface area contributed by atoms with Gasteiger partial charge in [0.25, 0.3) is 10.1 Å². The van der Waals surface area contributed by atoms with E-state index in [1.807, 2.05) is 36.4 Å². The normalized spacial score (nSPS) is 11.4. The summed E-state index contributed by atoms with van der Waals surface area (Å²) >= 11 is 0. The van der Waals surface area contributed by atoms with Gasteiger partial charge in [-0.2, -0.15) is 8.42 Å². The molecule has 4 aromatic rings. The van der Waals surface area contributed by atoms with Gasteiger partial charge in [-0.1, -0.05) is 185 Å². The molecule has 0 aliphatic heterocycles. The van der Waals surface area contributed by atoms with Gasteiger partial charge in [-0.05, 0) is 85.3 Å². The minimum Gasteiger partial charge on any atom is -0.872 e. The summed E-state index contributed by atoms with van der Waals surface area (Å²) in [6.07, 6.45) is 33.3. The van der Waals surface area contributed by atoms with Crippen molar-refractivity contribution in [2.45, 2.75) is 191 Å². The van der Waals surface area contributed by atoms with Crippen LogP contribution < -0.4 is 14.6 Å². The molecule has 0 radical (unpaired) electrons. The Morgan fingerprint density at radius 1 is 0.477 bits per heavy atom.